The number of rotatable bonds is 3. The molecule has 1 aromatic carbocycles. The predicted molar refractivity (Wildman–Crippen MR) is 78.9 cm³/mol. The maximum atomic E-state index is 12.1. The van der Waals surface area contributed by atoms with Crippen LogP contribution in [0, 0.1) is 0 Å². The van der Waals surface area contributed by atoms with Gasteiger partial charge in [-0.05, 0) is 29.6 Å². The number of hydrogen-bond donors (Lipinski definition) is 2. The van der Waals surface area contributed by atoms with Crippen molar-refractivity contribution in [3.8, 4) is 0 Å². The highest BCUT2D eigenvalue weighted by atomic mass is 32.1. The second-order valence-electron chi connectivity index (χ2n) is 3.96. The Hall–Kier alpha value is -2.25. The summed E-state index contributed by atoms with van der Waals surface area (Å²) in [5.41, 5.74) is 3.35. The minimum atomic E-state index is -1.05. The third-order valence-corrected chi connectivity index (χ3v) is 4.40. The van der Waals surface area contributed by atoms with Crippen LogP contribution in [-0.2, 0) is 0 Å². The highest BCUT2D eigenvalue weighted by molar-refractivity contribution is 7.16. The second-order valence-corrected chi connectivity index (χ2v) is 5.76. The van der Waals surface area contributed by atoms with Crippen LogP contribution in [0.15, 0.2) is 35.2 Å². The number of carbonyl (C=O) groups excluding carboxylic acids is 1. The van der Waals surface area contributed by atoms with E-state index in [4.69, 9.17) is 5.11 Å². The number of nitrogens with one attached hydrogen (secondary N) is 1. The van der Waals surface area contributed by atoms with Crippen LogP contribution in [0.4, 0.5) is 5.69 Å². The monoisotopic (exact) mass is 304 g/mol. The van der Waals surface area contributed by atoms with Crippen LogP contribution in [0.5, 0.6) is 0 Å². The van der Waals surface area contributed by atoms with Crippen molar-refractivity contribution in [2.45, 2.75) is 0 Å². The van der Waals surface area contributed by atoms with Gasteiger partial charge >= 0.3 is 5.97 Å². The van der Waals surface area contributed by atoms with Crippen LogP contribution >= 0.6 is 22.7 Å². The Morgan fingerprint density at radius 2 is 2.05 bits per heavy atom. The number of aromatic nitrogens is 1. The predicted octanol–water partition coefficient (Wildman–Crippen LogP) is 3.31. The first-order chi connectivity index (χ1) is 9.65. The third-order valence-electron chi connectivity index (χ3n) is 2.70. The summed E-state index contributed by atoms with van der Waals surface area (Å²) in [4.78, 5) is 27.4. The Kier molecular flexibility index (Phi) is 3.21. The van der Waals surface area contributed by atoms with E-state index in [2.05, 4.69) is 10.3 Å². The number of nitrogens with zero attached hydrogens (tertiary/aromatic N) is 1. The molecule has 0 atom stereocenters. The number of fused-ring (bicyclic) bond motifs is 1. The number of anilines is 1. The van der Waals surface area contributed by atoms with Crippen molar-refractivity contribution >= 4 is 50.5 Å². The number of thiophene rings is 1. The van der Waals surface area contributed by atoms with Crippen LogP contribution < -0.4 is 5.32 Å². The molecule has 0 aliphatic rings. The molecule has 20 heavy (non-hydrogen) atoms. The molecule has 0 aliphatic heterocycles. The van der Waals surface area contributed by atoms with Gasteiger partial charge in [-0.3, -0.25) is 4.79 Å². The van der Waals surface area contributed by atoms with Crippen molar-refractivity contribution in [2.24, 2.45) is 0 Å². The van der Waals surface area contributed by atoms with Gasteiger partial charge in [-0.2, -0.15) is 0 Å². The third kappa shape index (κ3) is 2.28. The van der Waals surface area contributed by atoms with E-state index in [0.717, 1.165) is 21.6 Å². The molecular formula is C13H8N2O3S2. The number of thiazole rings is 1. The van der Waals surface area contributed by atoms with Gasteiger partial charge in [-0.1, -0.05) is 0 Å². The highest BCUT2D eigenvalue weighted by Crippen LogP contribution is 2.24. The van der Waals surface area contributed by atoms with Gasteiger partial charge in [0.15, 0.2) is 0 Å². The Morgan fingerprint density at radius 1 is 1.20 bits per heavy atom. The zero-order valence-electron chi connectivity index (χ0n) is 9.99. The molecule has 5 nitrogen and oxygen atoms in total. The molecule has 1 amide bonds. The minimum Gasteiger partial charge on any atom is -0.477 e. The normalized spacial score (nSPS) is 10.6. The van der Waals surface area contributed by atoms with Gasteiger partial charge in [0.05, 0.1) is 21.4 Å². The lowest BCUT2D eigenvalue weighted by Gasteiger charge is -2.04. The number of benzene rings is 1. The van der Waals surface area contributed by atoms with Crippen LogP contribution in [0.2, 0.25) is 0 Å². The van der Waals surface area contributed by atoms with Gasteiger partial charge in [0.1, 0.15) is 4.88 Å². The van der Waals surface area contributed by atoms with Gasteiger partial charge in [-0.15, -0.1) is 22.7 Å². The van der Waals surface area contributed by atoms with E-state index < -0.39 is 5.97 Å². The average molecular weight is 304 g/mol. The number of amides is 1. The van der Waals surface area contributed by atoms with Crippen LogP contribution in [0.25, 0.3) is 10.2 Å². The fraction of sp³-hybridized carbons (Fsp3) is 0. The summed E-state index contributed by atoms with van der Waals surface area (Å²) >= 11 is 2.53. The van der Waals surface area contributed by atoms with Crippen LogP contribution in [0.1, 0.15) is 20.0 Å². The van der Waals surface area contributed by atoms with Crippen molar-refractivity contribution in [2.75, 3.05) is 5.32 Å². The number of carboxylic acid groups (broad SMARTS) is 1. The first kappa shape index (κ1) is 12.8. The van der Waals surface area contributed by atoms with Crippen LogP contribution in [-0.4, -0.2) is 22.0 Å². The second kappa shape index (κ2) is 5.03. The van der Waals surface area contributed by atoms with E-state index >= 15 is 0 Å². The van der Waals surface area contributed by atoms with Crippen molar-refractivity contribution in [1.29, 1.82) is 0 Å². The lowest BCUT2D eigenvalue weighted by atomic mass is 10.2. The SMILES string of the molecule is O=C(Nc1ccsc1C(=O)O)c1ccc2ncsc2c1. The van der Waals surface area contributed by atoms with Crippen molar-refractivity contribution in [1.82, 2.24) is 4.98 Å². The van der Waals surface area contributed by atoms with Gasteiger partial charge in [-0.25, -0.2) is 9.78 Å². The van der Waals surface area contributed by atoms with E-state index in [1.165, 1.54) is 11.3 Å². The quantitative estimate of drug-likeness (QED) is 0.778. The number of aromatic carboxylic acids is 1. The van der Waals surface area contributed by atoms with Gasteiger partial charge in [0.2, 0.25) is 0 Å². The van der Waals surface area contributed by atoms with Crippen molar-refractivity contribution < 1.29 is 14.7 Å². The first-order valence-electron chi connectivity index (χ1n) is 5.60. The fourth-order valence-electron chi connectivity index (χ4n) is 1.76. The lowest BCUT2D eigenvalue weighted by Crippen LogP contribution is -2.13. The summed E-state index contributed by atoms with van der Waals surface area (Å²) in [6.07, 6.45) is 0. The molecule has 0 saturated carbocycles. The molecule has 2 aromatic heterocycles. The first-order valence-corrected chi connectivity index (χ1v) is 7.36. The van der Waals surface area contributed by atoms with Crippen LogP contribution in [0.3, 0.4) is 0 Å². The lowest BCUT2D eigenvalue weighted by molar-refractivity contribution is 0.0703. The molecule has 0 unspecified atom stereocenters. The summed E-state index contributed by atoms with van der Waals surface area (Å²) < 4.78 is 0.918. The van der Waals surface area contributed by atoms with Gasteiger partial charge in [0, 0.05) is 5.56 Å². The molecule has 0 saturated heterocycles. The molecule has 0 bridgehead atoms. The topological polar surface area (TPSA) is 79.3 Å². The zero-order chi connectivity index (χ0) is 14.1. The Bertz CT molecular complexity index is 807. The molecule has 3 aromatic rings. The van der Waals surface area contributed by atoms with Crippen molar-refractivity contribution in [3.05, 3.63) is 45.6 Å². The van der Waals surface area contributed by atoms with E-state index in [-0.39, 0.29) is 10.8 Å². The maximum absolute atomic E-state index is 12.1. The largest absolute Gasteiger partial charge is 0.477 e. The molecule has 0 spiro atoms. The molecular weight excluding hydrogens is 296 g/mol. The Morgan fingerprint density at radius 3 is 2.85 bits per heavy atom. The van der Waals surface area contributed by atoms with Crippen molar-refractivity contribution in [3.63, 3.8) is 0 Å². The Labute approximate surface area is 121 Å². The van der Waals surface area contributed by atoms with E-state index in [1.54, 1.807) is 35.2 Å². The molecule has 2 heterocycles. The molecule has 100 valence electrons. The molecule has 7 heteroatoms. The zero-order valence-corrected chi connectivity index (χ0v) is 11.6. The van der Waals surface area contributed by atoms with Gasteiger partial charge in [0.25, 0.3) is 5.91 Å². The smallest absolute Gasteiger partial charge is 0.348 e. The maximum Gasteiger partial charge on any atom is 0.348 e. The van der Waals surface area contributed by atoms with E-state index in [0.29, 0.717) is 11.3 Å². The summed E-state index contributed by atoms with van der Waals surface area (Å²) in [5.74, 6) is -1.38. The van der Waals surface area contributed by atoms with Gasteiger partial charge < -0.3 is 10.4 Å². The number of hydrogen-bond acceptors (Lipinski definition) is 5. The summed E-state index contributed by atoms with van der Waals surface area (Å²) in [6.45, 7) is 0. The molecule has 0 aliphatic carbocycles. The average Bonchev–Trinajstić information content (AvgIpc) is 3.05. The molecule has 3 rings (SSSR count). The molecule has 0 fully saturated rings. The molecule has 0 radical (unpaired) electrons. The van der Waals surface area contributed by atoms with E-state index in [9.17, 15) is 9.59 Å². The standard InChI is InChI=1S/C13H8N2O3S2/c16-12(15-9-3-4-19-11(9)13(17)18)7-1-2-8-10(5-7)20-6-14-8/h1-6H,(H,15,16)(H,17,18). The number of carboxylic acids is 1. The summed E-state index contributed by atoms with van der Waals surface area (Å²) in [7, 11) is 0. The molecule has 2 N–H and O–H groups in total. The highest BCUT2D eigenvalue weighted by Gasteiger charge is 2.15. The number of carbonyl (C=O) groups is 2. The summed E-state index contributed by atoms with van der Waals surface area (Å²) in [6, 6.07) is 6.77. The fourth-order valence-corrected chi connectivity index (χ4v) is 3.17. The summed E-state index contributed by atoms with van der Waals surface area (Å²) in [5, 5.41) is 13.3. The Balaban J connectivity index is 1.88. The minimum absolute atomic E-state index is 0.122. The van der Waals surface area contributed by atoms with E-state index in [1.807, 2.05) is 0 Å².